The van der Waals surface area contributed by atoms with Crippen molar-refractivity contribution in [2.45, 2.75) is 37.8 Å². The molecule has 0 aliphatic heterocycles. The average molecular weight is 213 g/mol. The summed E-state index contributed by atoms with van der Waals surface area (Å²) in [5.41, 5.74) is 5.36. The summed E-state index contributed by atoms with van der Waals surface area (Å²) in [4.78, 5) is 15.5. The lowest BCUT2D eigenvalue weighted by atomic mass is 9.90. The van der Waals surface area contributed by atoms with Gasteiger partial charge in [0.05, 0.1) is 6.54 Å². The van der Waals surface area contributed by atoms with Gasteiger partial charge in [0.2, 0.25) is 5.91 Å². The van der Waals surface area contributed by atoms with Crippen LogP contribution in [0.2, 0.25) is 0 Å². The fourth-order valence-electron chi connectivity index (χ4n) is 2.31. The number of hydrogen-bond donors (Lipinski definition) is 1. The van der Waals surface area contributed by atoms with Crippen LogP contribution in [-0.4, -0.2) is 55.5 Å². The van der Waals surface area contributed by atoms with Crippen LogP contribution in [0, 0.1) is 0 Å². The monoisotopic (exact) mass is 213 g/mol. The van der Waals surface area contributed by atoms with Crippen molar-refractivity contribution in [2.24, 2.45) is 5.73 Å². The molecule has 0 bridgehead atoms. The van der Waals surface area contributed by atoms with E-state index < -0.39 is 0 Å². The SMILES string of the molecule is CN(C)C1CCC(N(C)C(=O)CN)CC1. The molecule has 2 N–H and O–H groups in total. The highest BCUT2D eigenvalue weighted by Crippen LogP contribution is 2.24. The molecule has 1 saturated carbocycles. The Kier molecular flexibility index (Phi) is 4.54. The third-order valence-electron chi connectivity index (χ3n) is 3.51. The molecule has 15 heavy (non-hydrogen) atoms. The third kappa shape index (κ3) is 3.18. The van der Waals surface area contributed by atoms with E-state index in [0.29, 0.717) is 12.1 Å². The van der Waals surface area contributed by atoms with E-state index in [1.807, 2.05) is 11.9 Å². The molecule has 0 aromatic heterocycles. The maximum absolute atomic E-state index is 11.4. The van der Waals surface area contributed by atoms with Crippen LogP contribution in [0.15, 0.2) is 0 Å². The summed E-state index contributed by atoms with van der Waals surface area (Å²) in [6, 6.07) is 1.08. The highest BCUT2D eigenvalue weighted by molar-refractivity contribution is 5.78. The maximum atomic E-state index is 11.4. The number of rotatable bonds is 3. The van der Waals surface area contributed by atoms with Gasteiger partial charge in [-0.3, -0.25) is 4.79 Å². The lowest BCUT2D eigenvalue weighted by Gasteiger charge is -2.36. The molecular weight excluding hydrogens is 190 g/mol. The molecule has 1 amide bonds. The lowest BCUT2D eigenvalue weighted by molar-refractivity contribution is -0.131. The van der Waals surface area contributed by atoms with E-state index in [0.717, 1.165) is 12.8 Å². The van der Waals surface area contributed by atoms with Crippen LogP contribution in [0.3, 0.4) is 0 Å². The largest absolute Gasteiger partial charge is 0.342 e. The number of nitrogens with two attached hydrogens (primary N) is 1. The van der Waals surface area contributed by atoms with Gasteiger partial charge in [-0.2, -0.15) is 0 Å². The van der Waals surface area contributed by atoms with Crippen molar-refractivity contribution in [2.75, 3.05) is 27.7 Å². The van der Waals surface area contributed by atoms with Crippen LogP contribution >= 0.6 is 0 Å². The Bertz CT molecular complexity index is 210. The smallest absolute Gasteiger partial charge is 0.236 e. The van der Waals surface area contributed by atoms with Gasteiger partial charge in [0.1, 0.15) is 0 Å². The number of nitrogens with zero attached hydrogens (tertiary/aromatic N) is 2. The minimum absolute atomic E-state index is 0.0586. The van der Waals surface area contributed by atoms with Crippen LogP contribution in [0.25, 0.3) is 0 Å². The molecule has 0 radical (unpaired) electrons. The van der Waals surface area contributed by atoms with E-state index in [9.17, 15) is 4.79 Å². The molecule has 1 aliphatic rings. The zero-order valence-corrected chi connectivity index (χ0v) is 10.1. The Morgan fingerprint density at radius 3 is 2.00 bits per heavy atom. The first kappa shape index (κ1) is 12.5. The minimum Gasteiger partial charge on any atom is -0.342 e. The van der Waals surface area contributed by atoms with Gasteiger partial charge in [-0.05, 0) is 39.8 Å². The second-order valence-electron chi connectivity index (χ2n) is 4.63. The van der Waals surface area contributed by atoms with E-state index in [2.05, 4.69) is 19.0 Å². The highest BCUT2D eigenvalue weighted by Gasteiger charge is 2.26. The summed E-state index contributed by atoms with van der Waals surface area (Å²) < 4.78 is 0. The third-order valence-corrected chi connectivity index (χ3v) is 3.51. The zero-order chi connectivity index (χ0) is 11.4. The summed E-state index contributed by atoms with van der Waals surface area (Å²) in [6.07, 6.45) is 4.57. The van der Waals surface area contributed by atoms with Crippen molar-refractivity contribution in [3.8, 4) is 0 Å². The van der Waals surface area contributed by atoms with Gasteiger partial charge in [0, 0.05) is 19.1 Å². The number of carbonyl (C=O) groups is 1. The molecule has 88 valence electrons. The Balaban J connectivity index is 2.40. The molecular formula is C11H23N3O. The molecule has 0 saturated heterocycles. The van der Waals surface area contributed by atoms with Gasteiger partial charge in [-0.1, -0.05) is 0 Å². The zero-order valence-electron chi connectivity index (χ0n) is 10.1. The standard InChI is InChI=1S/C11H23N3O/c1-13(2)9-4-6-10(7-5-9)14(3)11(15)8-12/h9-10H,4-8,12H2,1-3H3. The molecule has 0 spiro atoms. The summed E-state index contributed by atoms with van der Waals surface area (Å²) >= 11 is 0. The van der Waals surface area contributed by atoms with E-state index >= 15 is 0 Å². The normalized spacial score (nSPS) is 26.7. The minimum atomic E-state index is 0.0586. The topological polar surface area (TPSA) is 49.6 Å². The lowest BCUT2D eigenvalue weighted by Crippen LogP contribution is -2.44. The molecule has 0 unspecified atom stereocenters. The van der Waals surface area contributed by atoms with E-state index in [4.69, 9.17) is 5.73 Å². The molecule has 0 aromatic carbocycles. The van der Waals surface area contributed by atoms with Gasteiger partial charge >= 0.3 is 0 Å². The Hall–Kier alpha value is -0.610. The predicted octanol–water partition coefficient (Wildman–Crippen LogP) is 0.276. The first-order valence-corrected chi connectivity index (χ1v) is 5.68. The van der Waals surface area contributed by atoms with E-state index in [1.54, 1.807) is 0 Å². The Morgan fingerprint density at radius 2 is 1.60 bits per heavy atom. The number of likely N-dealkylation sites (N-methyl/N-ethyl adjacent to an activating group) is 1. The fraction of sp³-hybridized carbons (Fsp3) is 0.909. The molecule has 0 aromatic rings. The van der Waals surface area contributed by atoms with Crippen LogP contribution in [0.5, 0.6) is 0 Å². The predicted molar refractivity (Wildman–Crippen MR) is 61.6 cm³/mol. The van der Waals surface area contributed by atoms with Crippen LogP contribution < -0.4 is 5.73 Å². The van der Waals surface area contributed by atoms with Crippen molar-refractivity contribution >= 4 is 5.91 Å². The molecule has 0 heterocycles. The van der Waals surface area contributed by atoms with Gasteiger partial charge in [0.25, 0.3) is 0 Å². The van der Waals surface area contributed by atoms with Gasteiger partial charge in [-0.25, -0.2) is 0 Å². The molecule has 1 aliphatic carbocycles. The summed E-state index contributed by atoms with van der Waals surface area (Å²) in [6.45, 7) is 0.129. The van der Waals surface area contributed by atoms with Crippen LogP contribution in [0.1, 0.15) is 25.7 Å². The first-order valence-electron chi connectivity index (χ1n) is 5.68. The summed E-state index contributed by atoms with van der Waals surface area (Å²) in [5.74, 6) is 0.0586. The van der Waals surface area contributed by atoms with Crippen molar-refractivity contribution in [3.63, 3.8) is 0 Å². The van der Waals surface area contributed by atoms with Gasteiger partial charge < -0.3 is 15.5 Å². The van der Waals surface area contributed by atoms with E-state index in [-0.39, 0.29) is 12.5 Å². The second-order valence-corrected chi connectivity index (χ2v) is 4.63. The van der Waals surface area contributed by atoms with Crippen molar-refractivity contribution < 1.29 is 4.79 Å². The van der Waals surface area contributed by atoms with E-state index in [1.165, 1.54) is 12.8 Å². The second kappa shape index (κ2) is 5.47. The summed E-state index contributed by atoms with van der Waals surface area (Å²) in [5, 5.41) is 0. The molecule has 4 heteroatoms. The van der Waals surface area contributed by atoms with Crippen molar-refractivity contribution in [1.29, 1.82) is 0 Å². The Labute approximate surface area is 92.4 Å². The number of amides is 1. The highest BCUT2D eigenvalue weighted by atomic mass is 16.2. The Morgan fingerprint density at radius 1 is 1.13 bits per heavy atom. The number of carbonyl (C=O) groups excluding carboxylic acids is 1. The fourth-order valence-corrected chi connectivity index (χ4v) is 2.31. The molecule has 0 atom stereocenters. The average Bonchev–Trinajstić information content (AvgIpc) is 2.27. The molecule has 1 fully saturated rings. The quantitative estimate of drug-likeness (QED) is 0.732. The first-order chi connectivity index (χ1) is 7.06. The van der Waals surface area contributed by atoms with Crippen molar-refractivity contribution in [1.82, 2.24) is 9.80 Å². The van der Waals surface area contributed by atoms with Crippen molar-refractivity contribution in [3.05, 3.63) is 0 Å². The van der Waals surface area contributed by atoms with Gasteiger partial charge in [-0.15, -0.1) is 0 Å². The summed E-state index contributed by atoms with van der Waals surface area (Å²) in [7, 11) is 6.12. The molecule has 1 rings (SSSR count). The maximum Gasteiger partial charge on any atom is 0.236 e. The number of hydrogen-bond acceptors (Lipinski definition) is 3. The van der Waals surface area contributed by atoms with Crippen LogP contribution in [0.4, 0.5) is 0 Å². The van der Waals surface area contributed by atoms with Crippen LogP contribution in [-0.2, 0) is 4.79 Å². The van der Waals surface area contributed by atoms with Gasteiger partial charge in [0.15, 0.2) is 0 Å². The molecule has 4 nitrogen and oxygen atoms in total.